The predicted molar refractivity (Wildman–Crippen MR) is 126 cm³/mol. The van der Waals surface area contributed by atoms with Gasteiger partial charge in [0.05, 0.1) is 4.90 Å². The fourth-order valence-electron chi connectivity index (χ4n) is 3.10. The van der Waals surface area contributed by atoms with E-state index in [2.05, 4.69) is 15.4 Å². The number of nitrogens with one attached hydrogen (secondary N) is 3. The Kier molecular flexibility index (Phi) is 6.95. The van der Waals surface area contributed by atoms with Crippen LogP contribution in [0.25, 0.3) is 0 Å². The number of amides is 2. The summed E-state index contributed by atoms with van der Waals surface area (Å²) in [6.07, 6.45) is 0. The molecule has 3 rings (SSSR count). The lowest BCUT2D eigenvalue weighted by atomic mass is 10.1. The molecular weight excluding hydrogens is 426 g/mol. The second-order valence-electron chi connectivity index (χ2n) is 7.34. The van der Waals surface area contributed by atoms with E-state index < -0.39 is 15.9 Å². The predicted octanol–water partition coefficient (Wildman–Crippen LogP) is 4.11. The van der Waals surface area contributed by atoms with Crippen molar-refractivity contribution < 1.29 is 18.0 Å². The summed E-state index contributed by atoms with van der Waals surface area (Å²) < 4.78 is 28.2. The lowest BCUT2D eigenvalue weighted by Crippen LogP contribution is -2.22. The molecule has 32 heavy (non-hydrogen) atoms. The van der Waals surface area contributed by atoms with Gasteiger partial charge in [0, 0.05) is 29.0 Å². The highest BCUT2D eigenvalue weighted by molar-refractivity contribution is 7.92. The molecule has 0 aromatic heterocycles. The van der Waals surface area contributed by atoms with Crippen molar-refractivity contribution in [2.45, 2.75) is 25.7 Å². The van der Waals surface area contributed by atoms with Crippen LogP contribution in [0.4, 0.5) is 11.4 Å². The zero-order chi connectivity index (χ0) is 23.3. The van der Waals surface area contributed by atoms with Crippen LogP contribution in [0.3, 0.4) is 0 Å². The van der Waals surface area contributed by atoms with Crippen molar-refractivity contribution in [1.82, 2.24) is 5.32 Å². The molecule has 0 aliphatic rings. The second-order valence-corrected chi connectivity index (χ2v) is 9.03. The number of aryl methyl sites for hydroxylation is 2. The first-order chi connectivity index (χ1) is 15.2. The van der Waals surface area contributed by atoms with Gasteiger partial charge in [0.15, 0.2) is 0 Å². The molecule has 0 fully saturated rings. The minimum atomic E-state index is -3.87. The number of carbonyl (C=O) groups excluding carboxylic acids is 2. The Hall–Kier alpha value is -3.65. The molecule has 0 heterocycles. The number of hydrogen-bond donors (Lipinski definition) is 3. The Bertz CT molecular complexity index is 1250. The molecule has 0 aliphatic carbocycles. The monoisotopic (exact) mass is 451 g/mol. The molecule has 3 aromatic carbocycles. The van der Waals surface area contributed by atoms with Crippen LogP contribution in [0.2, 0.25) is 0 Å². The van der Waals surface area contributed by atoms with E-state index in [0.717, 1.165) is 5.56 Å². The summed E-state index contributed by atoms with van der Waals surface area (Å²) in [4.78, 5) is 24.7. The summed E-state index contributed by atoms with van der Waals surface area (Å²) in [5.41, 5.74) is 3.22. The molecule has 0 spiro atoms. The average Bonchev–Trinajstić information content (AvgIpc) is 2.74. The minimum Gasteiger partial charge on any atom is -0.352 e. The maximum absolute atomic E-state index is 12.8. The molecular formula is C24H25N3O4S. The van der Waals surface area contributed by atoms with E-state index in [9.17, 15) is 18.0 Å². The summed E-state index contributed by atoms with van der Waals surface area (Å²) in [6, 6.07) is 17.9. The number of hydrogen-bond acceptors (Lipinski definition) is 4. The van der Waals surface area contributed by atoms with E-state index in [-0.39, 0.29) is 16.4 Å². The second kappa shape index (κ2) is 9.65. The van der Waals surface area contributed by atoms with Crippen LogP contribution >= 0.6 is 0 Å². The highest BCUT2D eigenvalue weighted by atomic mass is 32.2. The fraction of sp³-hybridized carbons (Fsp3) is 0.167. The van der Waals surface area contributed by atoms with Crippen LogP contribution in [0.5, 0.6) is 0 Å². The molecule has 3 aromatic rings. The highest BCUT2D eigenvalue weighted by Crippen LogP contribution is 2.21. The van der Waals surface area contributed by atoms with Crippen molar-refractivity contribution in [3.8, 4) is 0 Å². The topological polar surface area (TPSA) is 104 Å². The van der Waals surface area contributed by atoms with Crippen molar-refractivity contribution in [3.63, 3.8) is 0 Å². The van der Waals surface area contributed by atoms with Gasteiger partial charge in [-0.05, 0) is 80.4 Å². The van der Waals surface area contributed by atoms with E-state index in [1.165, 1.54) is 12.1 Å². The van der Waals surface area contributed by atoms with Crippen molar-refractivity contribution in [2.24, 2.45) is 0 Å². The molecule has 0 atom stereocenters. The molecule has 3 N–H and O–H groups in total. The van der Waals surface area contributed by atoms with Gasteiger partial charge in [-0.1, -0.05) is 18.2 Å². The lowest BCUT2D eigenvalue weighted by molar-refractivity contribution is 0.0955. The Morgan fingerprint density at radius 1 is 0.844 bits per heavy atom. The van der Waals surface area contributed by atoms with E-state index >= 15 is 0 Å². The van der Waals surface area contributed by atoms with Gasteiger partial charge >= 0.3 is 0 Å². The molecule has 166 valence electrons. The summed E-state index contributed by atoms with van der Waals surface area (Å²) in [5, 5.41) is 5.45. The lowest BCUT2D eigenvalue weighted by Gasteiger charge is -2.12. The number of benzene rings is 3. The highest BCUT2D eigenvalue weighted by Gasteiger charge is 2.19. The molecule has 0 aliphatic heterocycles. The number of carbonyl (C=O) groups is 2. The van der Waals surface area contributed by atoms with Gasteiger partial charge in [-0.25, -0.2) is 8.42 Å². The van der Waals surface area contributed by atoms with Gasteiger partial charge in [0.25, 0.3) is 21.8 Å². The standard InChI is InChI=1S/C24H25N3O4S/c1-4-25-23(28)18-9-11-19(12-10-18)26-24(29)22-15-21(13-8-17(22)3)32(30,31)27-20-7-5-6-16(2)14-20/h5-15,27H,4H2,1-3H3,(H,25,28)(H,26,29). The SMILES string of the molecule is CCNC(=O)c1ccc(NC(=O)c2cc(S(=O)(=O)Nc3cccc(C)c3)ccc2C)cc1. The summed E-state index contributed by atoms with van der Waals surface area (Å²) >= 11 is 0. The van der Waals surface area contributed by atoms with E-state index in [1.54, 1.807) is 55.5 Å². The van der Waals surface area contributed by atoms with Crippen LogP contribution < -0.4 is 15.4 Å². The van der Waals surface area contributed by atoms with Crippen molar-refractivity contribution in [3.05, 3.63) is 89.0 Å². The summed E-state index contributed by atoms with van der Waals surface area (Å²) in [5.74, 6) is -0.638. The van der Waals surface area contributed by atoms with Gasteiger partial charge in [-0.2, -0.15) is 0 Å². The minimum absolute atomic E-state index is 0.0126. The number of sulfonamides is 1. The molecule has 0 radical (unpaired) electrons. The van der Waals surface area contributed by atoms with E-state index in [1.807, 2.05) is 19.9 Å². The van der Waals surface area contributed by atoms with Gasteiger partial charge < -0.3 is 10.6 Å². The van der Waals surface area contributed by atoms with Gasteiger partial charge in [-0.15, -0.1) is 0 Å². The van der Waals surface area contributed by atoms with Gasteiger partial charge in [0.1, 0.15) is 0 Å². The molecule has 8 heteroatoms. The zero-order valence-electron chi connectivity index (χ0n) is 18.1. The summed E-state index contributed by atoms with van der Waals surface area (Å²) in [7, 11) is -3.87. The Balaban J connectivity index is 1.80. The third kappa shape index (κ3) is 5.53. The quantitative estimate of drug-likeness (QED) is 0.503. The number of anilines is 2. The zero-order valence-corrected chi connectivity index (χ0v) is 18.9. The van der Waals surface area contributed by atoms with Crippen molar-refractivity contribution >= 4 is 33.2 Å². The first-order valence-corrected chi connectivity index (χ1v) is 11.6. The first-order valence-electron chi connectivity index (χ1n) is 10.1. The number of rotatable bonds is 7. The van der Waals surface area contributed by atoms with Gasteiger partial charge in [0.2, 0.25) is 0 Å². The fourth-order valence-corrected chi connectivity index (χ4v) is 4.18. The van der Waals surface area contributed by atoms with Crippen LogP contribution in [-0.4, -0.2) is 26.8 Å². The summed E-state index contributed by atoms with van der Waals surface area (Å²) in [6.45, 7) is 5.96. The average molecular weight is 452 g/mol. The third-order valence-corrected chi connectivity index (χ3v) is 6.16. The van der Waals surface area contributed by atoms with E-state index in [4.69, 9.17) is 0 Å². The maximum Gasteiger partial charge on any atom is 0.261 e. The van der Waals surface area contributed by atoms with Crippen molar-refractivity contribution in [1.29, 1.82) is 0 Å². The van der Waals surface area contributed by atoms with Crippen molar-refractivity contribution in [2.75, 3.05) is 16.6 Å². The van der Waals surface area contributed by atoms with Gasteiger partial charge in [-0.3, -0.25) is 14.3 Å². The van der Waals surface area contributed by atoms with E-state index in [0.29, 0.717) is 29.0 Å². The Morgan fingerprint density at radius 3 is 2.22 bits per heavy atom. The molecule has 0 unspecified atom stereocenters. The third-order valence-electron chi connectivity index (χ3n) is 4.78. The Morgan fingerprint density at radius 2 is 1.56 bits per heavy atom. The first kappa shape index (κ1) is 23.0. The van der Waals surface area contributed by atoms with Crippen LogP contribution in [-0.2, 0) is 10.0 Å². The molecule has 2 amide bonds. The molecule has 0 saturated heterocycles. The van der Waals surface area contributed by atoms with Crippen LogP contribution in [0.1, 0.15) is 38.8 Å². The molecule has 0 saturated carbocycles. The molecule has 7 nitrogen and oxygen atoms in total. The smallest absolute Gasteiger partial charge is 0.261 e. The van der Waals surface area contributed by atoms with Crippen LogP contribution in [0, 0.1) is 13.8 Å². The van der Waals surface area contributed by atoms with Crippen LogP contribution in [0.15, 0.2) is 71.6 Å². The Labute approximate surface area is 187 Å². The largest absolute Gasteiger partial charge is 0.352 e. The normalized spacial score (nSPS) is 11.0. The molecule has 0 bridgehead atoms. The maximum atomic E-state index is 12.8.